The van der Waals surface area contributed by atoms with Crippen LogP contribution < -0.4 is 5.32 Å². The number of benzene rings is 2. The Labute approximate surface area is 206 Å². The van der Waals surface area contributed by atoms with Crippen molar-refractivity contribution in [3.05, 3.63) is 96.4 Å². The lowest BCUT2D eigenvalue weighted by atomic mass is 9.87. The maximum absolute atomic E-state index is 12.4. The van der Waals surface area contributed by atoms with E-state index in [-0.39, 0.29) is 18.3 Å². The van der Waals surface area contributed by atoms with E-state index in [0.717, 1.165) is 35.5 Å². The third-order valence-electron chi connectivity index (χ3n) is 6.20. The van der Waals surface area contributed by atoms with E-state index in [2.05, 4.69) is 20.7 Å². The van der Waals surface area contributed by atoms with E-state index < -0.39 is 5.97 Å². The summed E-state index contributed by atoms with van der Waals surface area (Å²) in [5, 5.41) is 15.9. The minimum Gasteiger partial charge on any atom is -0.454 e. The molecule has 5 aromatic rings. The Balaban J connectivity index is 0.983. The van der Waals surface area contributed by atoms with Crippen molar-refractivity contribution in [2.24, 2.45) is 0 Å². The number of aromatic nitrogens is 4. The summed E-state index contributed by atoms with van der Waals surface area (Å²) in [6, 6.07) is 25.3. The number of ether oxygens (including phenoxy) is 1. The van der Waals surface area contributed by atoms with Crippen molar-refractivity contribution in [3.8, 4) is 22.6 Å². The van der Waals surface area contributed by atoms with Crippen molar-refractivity contribution < 1.29 is 18.6 Å². The smallest absolute Gasteiger partial charge is 0.360 e. The Morgan fingerprint density at radius 1 is 0.917 bits per heavy atom. The first-order valence-corrected chi connectivity index (χ1v) is 11.7. The van der Waals surface area contributed by atoms with Crippen LogP contribution in [-0.4, -0.2) is 32.1 Å². The third-order valence-corrected chi connectivity index (χ3v) is 6.20. The molecule has 0 aliphatic heterocycles. The minimum atomic E-state index is -0.550. The van der Waals surface area contributed by atoms with Gasteiger partial charge in [-0.15, -0.1) is 0 Å². The molecule has 0 radical (unpaired) electrons. The van der Waals surface area contributed by atoms with Crippen LogP contribution in [0.1, 0.15) is 35.1 Å². The highest BCUT2D eigenvalue weighted by molar-refractivity contribution is 5.88. The van der Waals surface area contributed by atoms with E-state index in [1.165, 1.54) is 0 Å². The van der Waals surface area contributed by atoms with Crippen LogP contribution in [0.3, 0.4) is 0 Å². The molecule has 9 heteroatoms. The van der Waals surface area contributed by atoms with Gasteiger partial charge in [-0.2, -0.15) is 5.10 Å². The van der Waals surface area contributed by atoms with Crippen molar-refractivity contribution >= 4 is 11.8 Å². The van der Waals surface area contributed by atoms with Gasteiger partial charge in [0.1, 0.15) is 6.61 Å². The van der Waals surface area contributed by atoms with E-state index in [4.69, 9.17) is 13.8 Å². The van der Waals surface area contributed by atoms with Gasteiger partial charge in [-0.1, -0.05) is 71.0 Å². The Bertz CT molecular complexity index is 1450. The molecule has 1 N–H and O–H groups in total. The summed E-state index contributed by atoms with van der Waals surface area (Å²) in [7, 11) is 0. The molecule has 0 bridgehead atoms. The highest BCUT2D eigenvalue weighted by Gasteiger charge is 2.31. The number of carbonyl (C=O) groups is 1. The van der Waals surface area contributed by atoms with Gasteiger partial charge in [-0.3, -0.25) is 4.68 Å². The highest BCUT2D eigenvalue weighted by atomic mass is 16.5. The zero-order chi connectivity index (χ0) is 24.3. The lowest BCUT2D eigenvalue weighted by Gasteiger charge is -2.35. The number of anilines is 1. The summed E-state index contributed by atoms with van der Waals surface area (Å²) < 4.78 is 18.0. The Morgan fingerprint density at radius 3 is 2.31 bits per heavy atom. The van der Waals surface area contributed by atoms with E-state index in [0.29, 0.717) is 17.5 Å². The normalized spacial score (nSPS) is 16.9. The lowest BCUT2D eigenvalue weighted by Crippen LogP contribution is -2.37. The van der Waals surface area contributed by atoms with Crippen LogP contribution in [0.2, 0.25) is 0 Å². The molecule has 3 heterocycles. The number of carbonyl (C=O) groups excluding carboxylic acids is 1. The largest absolute Gasteiger partial charge is 0.454 e. The lowest BCUT2D eigenvalue weighted by molar-refractivity contribution is 0.0454. The number of esters is 1. The zero-order valence-electron chi connectivity index (χ0n) is 19.3. The number of nitrogens with one attached hydrogen (secondary N) is 1. The number of hydrogen-bond acceptors (Lipinski definition) is 8. The summed E-state index contributed by atoms with van der Waals surface area (Å²) in [6.45, 7) is 0.0644. The van der Waals surface area contributed by atoms with Gasteiger partial charge < -0.3 is 19.1 Å². The van der Waals surface area contributed by atoms with Crippen molar-refractivity contribution in [2.75, 3.05) is 5.32 Å². The van der Waals surface area contributed by atoms with Crippen LogP contribution in [-0.2, 0) is 11.3 Å². The van der Waals surface area contributed by atoms with Gasteiger partial charge in [0.05, 0.1) is 11.7 Å². The molecule has 0 amide bonds. The quantitative estimate of drug-likeness (QED) is 0.295. The average Bonchev–Trinajstić information content (AvgIpc) is 3.67. The molecule has 1 saturated carbocycles. The maximum Gasteiger partial charge on any atom is 0.360 e. The molecule has 6 rings (SSSR count). The van der Waals surface area contributed by atoms with Crippen LogP contribution in [0.4, 0.5) is 5.82 Å². The molecule has 0 atom stereocenters. The molecular formula is C27H23N5O4. The molecule has 180 valence electrons. The SMILES string of the molecule is O=C(OCc1ccn([C@H]2C[C@@H](Nc3cc(-c4ccccc4)on3)C2)n1)c1cc(-c2ccccc2)on1. The molecule has 0 saturated heterocycles. The van der Waals surface area contributed by atoms with Gasteiger partial charge in [0.2, 0.25) is 0 Å². The van der Waals surface area contributed by atoms with E-state index in [1.807, 2.05) is 83.7 Å². The second-order valence-electron chi connectivity index (χ2n) is 8.71. The maximum atomic E-state index is 12.4. The first kappa shape index (κ1) is 21.8. The van der Waals surface area contributed by atoms with E-state index >= 15 is 0 Å². The molecule has 0 unspecified atom stereocenters. The summed E-state index contributed by atoms with van der Waals surface area (Å²) in [4.78, 5) is 12.4. The van der Waals surface area contributed by atoms with Gasteiger partial charge in [0.15, 0.2) is 23.0 Å². The summed E-state index contributed by atoms with van der Waals surface area (Å²) in [5.41, 5.74) is 2.64. The van der Waals surface area contributed by atoms with Gasteiger partial charge in [-0.25, -0.2) is 4.79 Å². The van der Waals surface area contributed by atoms with Crippen molar-refractivity contribution in [2.45, 2.75) is 31.5 Å². The molecule has 1 fully saturated rings. The second-order valence-corrected chi connectivity index (χ2v) is 8.71. The number of nitrogens with zero attached hydrogens (tertiary/aromatic N) is 4. The van der Waals surface area contributed by atoms with Gasteiger partial charge in [0.25, 0.3) is 0 Å². The molecule has 3 aromatic heterocycles. The molecule has 0 spiro atoms. The van der Waals surface area contributed by atoms with Crippen LogP contribution in [0.15, 0.2) is 94.1 Å². The third kappa shape index (κ3) is 4.63. The predicted molar refractivity (Wildman–Crippen MR) is 131 cm³/mol. The Hall–Kier alpha value is -4.66. The van der Waals surface area contributed by atoms with Crippen molar-refractivity contribution in [1.29, 1.82) is 0 Å². The molecule has 2 aromatic carbocycles. The molecule has 36 heavy (non-hydrogen) atoms. The first-order chi connectivity index (χ1) is 17.7. The van der Waals surface area contributed by atoms with Crippen LogP contribution in [0.25, 0.3) is 22.6 Å². The fourth-order valence-corrected chi connectivity index (χ4v) is 4.19. The van der Waals surface area contributed by atoms with Crippen LogP contribution >= 0.6 is 0 Å². The van der Waals surface area contributed by atoms with Gasteiger partial charge in [0, 0.05) is 35.5 Å². The van der Waals surface area contributed by atoms with E-state index in [9.17, 15) is 4.79 Å². The van der Waals surface area contributed by atoms with Crippen molar-refractivity contribution in [1.82, 2.24) is 20.1 Å². The number of hydrogen-bond donors (Lipinski definition) is 1. The predicted octanol–water partition coefficient (Wildman–Crippen LogP) is 5.37. The van der Waals surface area contributed by atoms with Gasteiger partial charge in [-0.05, 0) is 18.9 Å². The summed E-state index contributed by atoms with van der Waals surface area (Å²) in [5.74, 6) is 1.43. The van der Waals surface area contributed by atoms with Gasteiger partial charge >= 0.3 is 5.97 Å². The summed E-state index contributed by atoms with van der Waals surface area (Å²) >= 11 is 0. The Kier molecular flexibility index (Phi) is 5.79. The highest BCUT2D eigenvalue weighted by Crippen LogP contribution is 2.34. The standard InChI is InChI=1S/C27H23N5O4/c33-27(23-15-24(35-30-23)18-7-3-1-4-8-18)34-17-20-11-12-32(29-20)22-13-21(14-22)28-26-16-25(36-31-26)19-9-5-2-6-10-19/h1-12,15-16,21-22H,13-14,17H2,(H,28,31)/t21-,22+. The zero-order valence-corrected chi connectivity index (χ0v) is 19.3. The molecule has 1 aliphatic rings. The average molecular weight is 482 g/mol. The monoisotopic (exact) mass is 481 g/mol. The van der Waals surface area contributed by atoms with Crippen molar-refractivity contribution in [3.63, 3.8) is 0 Å². The first-order valence-electron chi connectivity index (χ1n) is 11.7. The van der Waals surface area contributed by atoms with Crippen LogP contribution in [0, 0.1) is 0 Å². The second kappa shape index (κ2) is 9.53. The minimum absolute atomic E-state index is 0.0644. The molecule has 1 aliphatic carbocycles. The number of rotatable bonds is 8. The molecule has 9 nitrogen and oxygen atoms in total. The fraction of sp³-hybridized carbons (Fsp3) is 0.185. The summed E-state index contributed by atoms with van der Waals surface area (Å²) in [6.07, 6.45) is 3.74. The topological polar surface area (TPSA) is 108 Å². The molecular weight excluding hydrogens is 458 g/mol. The fourth-order valence-electron chi connectivity index (χ4n) is 4.19. The van der Waals surface area contributed by atoms with E-state index in [1.54, 1.807) is 6.07 Å². The Morgan fingerprint density at radius 2 is 1.58 bits per heavy atom. The van der Waals surface area contributed by atoms with Crippen LogP contribution in [0.5, 0.6) is 0 Å².